The smallest absolute Gasteiger partial charge is 0.356 e. The number of aromatic nitrogens is 2. The molecule has 0 aliphatic carbocycles. The van der Waals surface area contributed by atoms with Crippen molar-refractivity contribution in [2.45, 2.75) is 19.1 Å². The predicted molar refractivity (Wildman–Crippen MR) is 88.3 cm³/mol. The van der Waals surface area contributed by atoms with E-state index in [4.69, 9.17) is 11.6 Å². The van der Waals surface area contributed by atoms with Gasteiger partial charge >= 0.3 is 6.18 Å². The normalized spacial score (nSPS) is 12.3. The van der Waals surface area contributed by atoms with Gasteiger partial charge in [-0.05, 0) is 11.6 Å². The van der Waals surface area contributed by atoms with Crippen molar-refractivity contribution in [3.63, 3.8) is 0 Å². The number of alkyl halides is 3. The highest BCUT2D eigenvalue weighted by molar-refractivity contribution is 7.09. The number of thiazole rings is 1. The van der Waals surface area contributed by atoms with E-state index < -0.39 is 11.9 Å². The maximum Gasteiger partial charge on any atom is 0.434 e. The van der Waals surface area contributed by atoms with E-state index in [1.807, 2.05) is 6.07 Å². The fraction of sp³-hybridized carbons (Fsp3) is 0.357. The van der Waals surface area contributed by atoms with E-state index in [0.717, 1.165) is 22.3 Å². The standard InChI is InChI=1S/C14H15ClF3N5S/c1-19-13(22-7-9-2-3-11(15)21-6-9)20-5-4-12-23-10(8-24-12)14(16,17)18/h2-3,6,8H,4-5,7H2,1H3,(H2,19,20,22). The Balaban J connectivity index is 1.77. The number of nitrogens with one attached hydrogen (secondary N) is 2. The first kappa shape index (κ1) is 18.5. The molecule has 2 aromatic rings. The summed E-state index contributed by atoms with van der Waals surface area (Å²) in [6.07, 6.45) is -2.37. The molecular formula is C14H15ClF3N5S. The molecule has 10 heteroatoms. The van der Waals surface area contributed by atoms with Crippen molar-refractivity contribution in [3.8, 4) is 0 Å². The van der Waals surface area contributed by atoms with Crippen molar-refractivity contribution in [2.75, 3.05) is 13.6 Å². The summed E-state index contributed by atoms with van der Waals surface area (Å²) >= 11 is 6.71. The van der Waals surface area contributed by atoms with Crippen LogP contribution in [0, 0.1) is 0 Å². The molecule has 0 unspecified atom stereocenters. The number of halogens is 4. The van der Waals surface area contributed by atoms with Gasteiger partial charge in [0.1, 0.15) is 5.15 Å². The Hall–Kier alpha value is -1.87. The van der Waals surface area contributed by atoms with Gasteiger partial charge < -0.3 is 10.6 Å². The largest absolute Gasteiger partial charge is 0.434 e. The Bertz CT molecular complexity index is 684. The van der Waals surface area contributed by atoms with Crippen LogP contribution in [-0.4, -0.2) is 29.5 Å². The lowest BCUT2D eigenvalue weighted by Crippen LogP contribution is -2.37. The lowest BCUT2D eigenvalue weighted by atomic mass is 10.3. The van der Waals surface area contributed by atoms with Gasteiger partial charge in [0.05, 0.1) is 5.01 Å². The zero-order valence-electron chi connectivity index (χ0n) is 12.7. The molecule has 0 saturated carbocycles. The maximum absolute atomic E-state index is 12.5. The molecule has 130 valence electrons. The highest BCUT2D eigenvalue weighted by Crippen LogP contribution is 2.29. The minimum Gasteiger partial charge on any atom is -0.356 e. The average Bonchev–Trinajstić information content (AvgIpc) is 3.01. The van der Waals surface area contributed by atoms with Gasteiger partial charge in [0.15, 0.2) is 11.7 Å². The molecule has 2 N–H and O–H groups in total. The van der Waals surface area contributed by atoms with Crippen LogP contribution >= 0.6 is 22.9 Å². The highest BCUT2D eigenvalue weighted by Gasteiger charge is 2.33. The summed E-state index contributed by atoms with van der Waals surface area (Å²) in [5.41, 5.74) is 0.0809. The van der Waals surface area contributed by atoms with Crippen LogP contribution in [0.2, 0.25) is 5.15 Å². The van der Waals surface area contributed by atoms with Gasteiger partial charge in [-0.15, -0.1) is 11.3 Å². The van der Waals surface area contributed by atoms with Crippen molar-refractivity contribution < 1.29 is 13.2 Å². The maximum atomic E-state index is 12.5. The minimum atomic E-state index is -4.40. The number of hydrogen-bond donors (Lipinski definition) is 2. The number of pyridine rings is 1. The highest BCUT2D eigenvalue weighted by atomic mass is 35.5. The van der Waals surface area contributed by atoms with Gasteiger partial charge in [0.25, 0.3) is 0 Å². The van der Waals surface area contributed by atoms with E-state index in [9.17, 15) is 13.2 Å². The lowest BCUT2D eigenvalue weighted by molar-refractivity contribution is -0.140. The second-order valence-corrected chi connectivity index (χ2v) is 6.05. The molecule has 24 heavy (non-hydrogen) atoms. The SMILES string of the molecule is CN=C(NCCc1nc(C(F)(F)F)cs1)NCc1ccc(Cl)nc1. The monoisotopic (exact) mass is 377 g/mol. The summed E-state index contributed by atoms with van der Waals surface area (Å²) in [5.74, 6) is 0.539. The molecule has 0 radical (unpaired) electrons. The molecule has 0 aliphatic rings. The summed E-state index contributed by atoms with van der Waals surface area (Å²) in [6, 6.07) is 3.53. The number of aliphatic imine (C=N–C) groups is 1. The molecule has 0 aromatic carbocycles. The van der Waals surface area contributed by atoms with Gasteiger partial charge in [-0.1, -0.05) is 17.7 Å². The van der Waals surface area contributed by atoms with E-state index in [2.05, 4.69) is 25.6 Å². The first-order chi connectivity index (χ1) is 11.4. The van der Waals surface area contributed by atoms with E-state index in [1.54, 1.807) is 19.3 Å². The van der Waals surface area contributed by atoms with Gasteiger partial charge in [-0.2, -0.15) is 13.2 Å². The summed E-state index contributed by atoms with van der Waals surface area (Å²) in [5, 5.41) is 7.97. The Morgan fingerprint density at radius 2 is 2.12 bits per heavy atom. The second-order valence-electron chi connectivity index (χ2n) is 4.72. The summed E-state index contributed by atoms with van der Waals surface area (Å²) in [7, 11) is 1.61. The third kappa shape index (κ3) is 5.64. The van der Waals surface area contributed by atoms with Crippen molar-refractivity contribution in [3.05, 3.63) is 45.1 Å². The van der Waals surface area contributed by atoms with Crippen LogP contribution in [0.1, 0.15) is 16.3 Å². The molecule has 2 heterocycles. The fourth-order valence-corrected chi connectivity index (χ4v) is 2.68. The van der Waals surface area contributed by atoms with Gasteiger partial charge in [0, 0.05) is 38.1 Å². The van der Waals surface area contributed by atoms with Gasteiger partial charge in [-0.3, -0.25) is 4.99 Å². The van der Waals surface area contributed by atoms with E-state index in [-0.39, 0.29) is 0 Å². The molecule has 0 atom stereocenters. The van der Waals surface area contributed by atoms with Crippen molar-refractivity contribution in [1.29, 1.82) is 0 Å². The number of nitrogens with zero attached hydrogens (tertiary/aromatic N) is 3. The first-order valence-corrected chi connectivity index (χ1v) is 8.21. The number of hydrogen-bond acceptors (Lipinski definition) is 4. The third-order valence-corrected chi connectivity index (χ3v) is 4.08. The van der Waals surface area contributed by atoms with E-state index in [1.165, 1.54) is 0 Å². The first-order valence-electron chi connectivity index (χ1n) is 6.95. The molecule has 2 rings (SSSR count). The zero-order chi connectivity index (χ0) is 17.6. The quantitative estimate of drug-likeness (QED) is 0.477. The van der Waals surface area contributed by atoms with Crippen LogP contribution in [0.3, 0.4) is 0 Å². The van der Waals surface area contributed by atoms with Crippen LogP contribution in [0.15, 0.2) is 28.7 Å². The summed E-state index contributed by atoms with van der Waals surface area (Å²) in [6.45, 7) is 0.919. The second kappa shape index (κ2) is 8.29. The molecule has 0 saturated heterocycles. The number of guanidine groups is 1. The Morgan fingerprint density at radius 3 is 2.71 bits per heavy atom. The van der Waals surface area contributed by atoms with Crippen molar-refractivity contribution >= 4 is 28.9 Å². The summed E-state index contributed by atoms with van der Waals surface area (Å²) in [4.78, 5) is 11.6. The average molecular weight is 378 g/mol. The molecule has 0 spiro atoms. The van der Waals surface area contributed by atoms with Crippen molar-refractivity contribution in [1.82, 2.24) is 20.6 Å². The van der Waals surface area contributed by atoms with Gasteiger partial charge in [0.2, 0.25) is 0 Å². The van der Waals surface area contributed by atoms with Crippen LogP contribution < -0.4 is 10.6 Å². The molecule has 0 fully saturated rings. The molecule has 5 nitrogen and oxygen atoms in total. The van der Waals surface area contributed by atoms with E-state index >= 15 is 0 Å². The fourth-order valence-electron chi connectivity index (χ4n) is 1.76. The lowest BCUT2D eigenvalue weighted by Gasteiger charge is -2.11. The Morgan fingerprint density at radius 1 is 1.33 bits per heavy atom. The van der Waals surface area contributed by atoms with Crippen LogP contribution in [0.25, 0.3) is 0 Å². The molecular weight excluding hydrogens is 363 g/mol. The topological polar surface area (TPSA) is 62.2 Å². The molecule has 2 aromatic heterocycles. The van der Waals surface area contributed by atoms with E-state index in [0.29, 0.717) is 35.6 Å². The molecule has 0 amide bonds. The Labute approximate surface area is 146 Å². The van der Waals surface area contributed by atoms with Crippen LogP contribution in [0.4, 0.5) is 13.2 Å². The van der Waals surface area contributed by atoms with Gasteiger partial charge in [-0.25, -0.2) is 9.97 Å². The molecule has 0 bridgehead atoms. The van der Waals surface area contributed by atoms with Crippen molar-refractivity contribution in [2.24, 2.45) is 4.99 Å². The predicted octanol–water partition coefficient (Wildman–Crippen LogP) is 3.12. The minimum absolute atomic E-state index is 0.379. The third-order valence-electron chi connectivity index (χ3n) is 2.95. The summed E-state index contributed by atoms with van der Waals surface area (Å²) < 4.78 is 37.4. The van der Waals surface area contributed by atoms with Crippen LogP contribution in [0.5, 0.6) is 0 Å². The molecule has 0 aliphatic heterocycles. The number of rotatable bonds is 5. The Kier molecular flexibility index (Phi) is 6.38. The van der Waals surface area contributed by atoms with Crippen LogP contribution in [-0.2, 0) is 19.1 Å². The zero-order valence-corrected chi connectivity index (χ0v) is 14.3.